The van der Waals surface area contributed by atoms with E-state index in [4.69, 9.17) is 4.74 Å². The summed E-state index contributed by atoms with van der Waals surface area (Å²) in [6.45, 7) is 4.90. The van der Waals surface area contributed by atoms with Crippen molar-refractivity contribution >= 4 is 11.9 Å². The first-order valence-electron chi connectivity index (χ1n) is 28.6. The Morgan fingerprint density at radius 3 is 1.23 bits per heavy atom. The van der Waals surface area contributed by atoms with Gasteiger partial charge in [-0.1, -0.05) is 269 Å². The molecule has 0 aliphatic rings. The van der Waals surface area contributed by atoms with Crippen molar-refractivity contribution in [2.24, 2.45) is 0 Å². The van der Waals surface area contributed by atoms with Crippen LogP contribution in [0.5, 0.6) is 0 Å². The van der Waals surface area contributed by atoms with Gasteiger partial charge in [0, 0.05) is 12.8 Å². The van der Waals surface area contributed by atoms with E-state index in [1.165, 1.54) is 218 Å². The predicted molar refractivity (Wildman–Crippen MR) is 278 cm³/mol. The Hall–Kier alpha value is -1.66. The second-order valence-corrected chi connectivity index (χ2v) is 19.6. The van der Waals surface area contributed by atoms with Crippen LogP contribution < -0.4 is 5.32 Å². The summed E-state index contributed by atoms with van der Waals surface area (Å²) in [5.74, 6) is -0.0601. The van der Waals surface area contributed by atoms with Crippen molar-refractivity contribution in [1.29, 1.82) is 0 Å². The fourth-order valence-electron chi connectivity index (χ4n) is 8.83. The molecule has 0 rings (SSSR count). The molecule has 0 aliphatic heterocycles. The van der Waals surface area contributed by atoms with Gasteiger partial charge < -0.3 is 20.3 Å². The Morgan fingerprint density at radius 2 is 0.797 bits per heavy atom. The fraction of sp³-hybridized carbons (Fsp3) is 0.897. The molecule has 0 saturated heterocycles. The Balaban J connectivity index is 3.45. The van der Waals surface area contributed by atoms with Gasteiger partial charge in [-0.05, 0) is 51.4 Å². The number of amides is 1. The van der Waals surface area contributed by atoms with Gasteiger partial charge >= 0.3 is 5.97 Å². The topological polar surface area (TPSA) is 95.9 Å². The summed E-state index contributed by atoms with van der Waals surface area (Å²) in [7, 11) is 0. The molecule has 378 valence electrons. The highest BCUT2D eigenvalue weighted by Gasteiger charge is 2.20. The standard InChI is InChI=1S/C58H111NO5/c1-3-5-7-9-11-13-15-17-19-20-21-22-23-26-30-34-38-42-46-50-56(61)55(54-60)59-57(62)51-47-43-39-35-31-27-24-25-29-33-37-41-45-49-53-64-58(63)52-48-44-40-36-32-28-18-16-14-12-10-8-6-4-2/h10,12,16,18,55-56,60-61H,3-9,11,13-15,17,19-54H2,1-2H3,(H,59,62)/b12-10-,18-16-. The van der Waals surface area contributed by atoms with E-state index in [0.717, 1.165) is 57.8 Å². The normalized spacial score (nSPS) is 12.8. The Bertz CT molecular complexity index is 997. The van der Waals surface area contributed by atoms with Gasteiger partial charge in [0.2, 0.25) is 5.91 Å². The number of hydrogen-bond acceptors (Lipinski definition) is 5. The number of aliphatic hydroxyl groups excluding tert-OH is 2. The number of rotatable bonds is 53. The van der Waals surface area contributed by atoms with Crippen LogP contribution >= 0.6 is 0 Å². The van der Waals surface area contributed by atoms with Gasteiger partial charge in [-0.2, -0.15) is 0 Å². The lowest BCUT2D eigenvalue weighted by atomic mass is 10.0. The zero-order chi connectivity index (χ0) is 46.5. The number of carbonyl (C=O) groups excluding carboxylic acids is 2. The number of carbonyl (C=O) groups is 2. The Labute approximate surface area is 399 Å². The molecular formula is C58H111NO5. The van der Waals surface area contributed by atoms with Crippen molar-refractivity contribution in [2.75, 3.05) is 13.2 Å². The highest BCUT2D eigenvalue weighted by atomic mass is 16.5. The number of hydrogen-bond donors (Lipinski definition) is 3. The van der Waals surface area contributed by atoms with Gasteiger partial charge in [0.25, 0.3) is 0 Å². The molecule has 0 fully saturated rings. The molecule has 0 aromatic heterocycles. The summed E-state index contributed by atoms with van der Waals surface area (Å²) < 4.78 is 5.46. The average molecular weight is 903 g/mol. The third-order valence-corrected chi connectivity index (χ3v) is 13.3. The first-order valence-corrected chi connectivity index (χ1v) is 28.6. The lowest BCUT2D eigenvalue weighted by Crippen LogP contribution is -2.45. The molecule has 6 heteroatoms. The van der Waals surface area contributed by atoms with Crippen LogP contribution in [0.2, 0.25) is 0 Å². The van der Waals surface area contributed by atoms with E-state index in [1.807, 2.05) is 0 Å². The zero-order valence-electron chi connectivity index (χ0n) is 43.0. The lowest BCUT2D eigenvalue weighted by molar-refractivity contribution is -0.143. The van der Waals surface area contributed by atoms with Crippen LogP contribution in [0.25, 0.3) is 0 Å². The summed E-state index contributed by atoms with van der Waals surface area (Å²) in [5.41, 5.74) is 0. The summed E-state index contributed by atoms with van der Waals surface area (Å²) in [6, 6.07) is -0.550. The van der Waals surface area contributed by atoms with E-state index in [1.54, 1.807) is 0 Å². The maximum Gasteiger partial charge on any atom is 0.305 e. The number of unbranched alkanes of at least 4 members (excludes halogenated alkanes) is 38. The molecule has 2 atom stereocenters. The monoisotopic (exact) mass is 902 g/mol. The van der Waals surface area contributed by atoms with Gasteiger partial charge in [-0.3, -0.25) is 9.59 Å². The first-order chi connectivity index (χ1) is 31.5. The van der Waals surface area contributed by atoms with Crippen molar-refractivity contribution in [3.8, 4) is 0 Å². The van der Waals surface area contributed by atoms with E-state index in [9.17, 15) is 19.8 Å². The Morgan fingerprint density at radius 1 is 0.438 bits per heavy atom. The SMILES string of the molecule is CCCC/C=C\C/C=C\CCCCCCCC(=O)OCCCCCCCCCCCCCCCCC(=O)NC(CO)C(O)CCCCCCCCCCCCCCCCCCCCC. The smallest absolute Gasteiger partial charge is 0.305 e. The van der Waals surface area contributed by atoms with Crippen LogP contribution in [-0.2, 0) is 14.3 Å². The zero-order valence-corrected chi connectivity index (χ0v) is 43.0. The molecule has 1 amide bonds. The summed E-state index contributed by atoms with van der Waals surface area (Å²) in [6.07, 6.45) is 64.4. The largest absolute Gasteiger partial charge is 0.466 e. The van der Waals surface area contributed by atoms with Crippen LogP contribution in [-0.4, -0.2) is 47.4 Å². The molecule has 0 aliphatic carbocycles. The molecule has 6 nitrogen and oxygen atoms in total. The molecule has 2 unspecified atom stereocenters. The molecule has 3 N–H and O–H groups in total. The number of ether oxygens (including phenoxy) is 1. The van der Waals surface area contributed by atoms with E-state index in [2.05, 4.69) is 43.5 Å². The van der Waals surface area contributed by atoms with Crippen molar-refractivity contribution in [3.63, 3.8) is 0 Å². The van der Waals surface area contributed by atoms with Gasteiger partial charge in [0.1, 0.15) is 0 Å². The molecule has 64 heavy (non-hydrogen) atoms. The maximum absolute atomic E-state index is 12.5. The van der Waals surface area contributed by atoms with Gasteiger partial charge in [0.15, 0.2) is 0 Å². The quantitative estimate of drug-likeness (QED) is 0.0321. The molecule has 0 aromatic carbocycles. The summed E-state index contributed by atoms with van der Waals surface area (Å²) in [4.78, 5) is 24.5. The fourth-order valence-corrected chi connectivity index (χ4v) is 8.83. The van der Waals surface area contributed by atoms with Gasteiger partial charge in [-0.25, -0.2) is 0 Å². The van der Waals surface area contributed by atoms with E-state index in [0.29, 0.717) is 25.9 Å². The minimum absolute atomic E-state index is 0.0163. The first kappa shape index (κ1) is 62.3. The van der Waals surface area contributed by atoms with E-state index < -0.39 is 12.1 Å². The molecule has 0 aromatic rings. The number of nitrogens with one attached hydrogen (secondary N) is 1. The predicted octanol–water partition coefficient (Wildman–Crippen LogP) is 17.5. The summed E-state index contributed by atoms with van der Waals surface area (Å²) in [5, 5.41) is 23.3. The van der Waals surface area contributed by atoms with Crippen molar-refractivity contribution in [1.82, 2.24) is 5.32 Å². The second kappa shape index (κ2) is 54.0. The molecule has 0 saturated carbocycles. The van der Waals surface area contributed by atoms with Gasteiger partial charge in [-0.15, -0.1) is 0 Å². The third-order valence-electron chi connectivity index (χ3n) is 13.3. The Kier molecular flexibility index (Phi) is 52.6. The van der Waals surface area contributed by atoms with Crippen LogP contribution in [0.4, 0.5) is 0 Å². The van der Waals surface area contributed by atoms with Gasteiger partial charge in [0.05, 0.1) is 25.4 Å². The molecule has 0 heterocycles. The number of esters is 1. The lowest BCUT2D eigenvalue weighted by Gasteiger charge is -2.22. The minimum atomic E-state index is -0.672. The van der Waals surface area contributed by atoms with Crippen LogP contribution in [0.15, 0.2) is 24.3 Å². The highest BCUT2D eigenvalue weighted by Crippen LogP contribution is 2.17. The minimum Gasteiger partial charge on any atom is -0.466 e. The summed E-state index contributed by atoms with van der Waals surface area (Å²) >= 11 is 0. The maximum atomic E-state index is 12.5. The van der Waals surface area contributed by atoms with Crippen LogP contribution in [0, 0.1) is 0 Å². The second-order valence-electron chi connectivity index (χ2n) is 19.6. The van der Waals surface area contributed by atoms with Crippen LogP contribution in [0.1, 0.15) is 309 Å². The third kappa shape index (κ3) is 49.8. The van der Waals surface area contributed by atoms with Crippen molar-refractivity contribution in [3.05, 3.63) is 24.3 Å². The van der Waals surface area contributed by atoms with Crippen LogP contribution in [0.3, 0.4) is 0 Å². The van der Waals surface area contributed by atoms with E-state index in [-0.39, 0.29) is 18.5 Å². The molecule has 0 spiro atoms. The average Bonchev–Trinajstić information content (AvgIpc) is 3.29. The number of aliphatic hydroxyl groups is 2. The molecule has 0 radical (unpaired) electrons. The highest BCUT2D eigenvalue weighted by molar-refractivity contribution is 5.76. The van der Waals surface area contributed by atoms with E-state index >= 15 is 0 Å². The molecular weight excluding hydrogens is 791 g/mol. The van der Waals surface area contributed by atoms with Crippen molar-refractivity contribution < 1.29 is 24.5 Å². The number of allylic oxidation sites excluding steroid dienone is 4. The van der Waals surface area contributed by atoms with Crippen molar-refractivity contribution in [2.45, 2.75) is 321 Å². The molecule has 0 bridgehead atoms.